The summed E-state index contributed by atoms with van der Waals surface area (Å²) in [5.41, 5.74) is 0.0230. The second-order valence-electron chi connectivity index (χ2n) is 4.20. The fourth-order valence-corrected chi connectivity index (χ4v) is 2.27. The number of aromatic nitrogens is 2. The molecule has 6 heteroatoms. The van der Waals surface area contributed by atoms with Crippen molar-refractivity contribution >= 4 is 21.8 Å². The Labute approximate surface area is 118 Å². The van der Waals surface area contributed by atoms with E-state index in [9.17, 15) is 9.18 Å². The zero-order chi connectivity index (χ0) is 13.8. The summed E-state index contributed by atoms with van der Waals surface area (Å²) in [6.07, 6.45) is 3.48. The number of carbonyl (C=O) groups excluding carboxylic acids is 1. The number of rotatable bonds is 4. The van der Waals surface area contributed by atoms with Crippen molar-refractivity contribution in [1.82, 2.24) is 15.1 Å². The molecule has 1 atom stereocenters. The molecule has 19 heavy (non-hydrogen) atoms. The topological polar surface area (TPSA) is 46.9 Å². The van der Waals surface area contributed by atoms with Gasteiger partial charge in [0.05, 0.1) is 12.1 Å². The van der Waals surface area contributed by atoms with E-state index in [2.05, 4.69) is 26.3 Å². The number of benzene rings is 1. The lowest BCUT2D eigenvalue weighted by Crippen LogP contribution is -2.36. The summed E-state index contributed by atoms with van der Waals surface area (Å²) in [6, 6.07) is 6.10. The van der Waals surface area contributed by atoms with Crippen molar-refractivity contribution in [2.75, 3.05) is 0 Å². The maximum absolute atomic E-state index is 13.6. The smallest absolute Gasteiger partial charge is 0.255 e. The van der Waals surface area contributed by atoms with E-state index in [0.717, 1.165) is 0 Å². The molecule has 0 saturated carbocycles. The Morgan fingerprint density at radius 2 is 2.32 bits per heavy atom. The van der Waals surface area contributed by atoms with Crippen LogP contribution in [0.15, 0.2) is 41.1 Å². The molecular weight excluding hydrogens is 313 g/mol. The summed E-state index contributed by atoms with van der Waals surface area (Å²) in [5, 5.41) is 6.80. The number of amides is 1. The van der Waals surface area contributed by atoms with Gasteiger partial charge in [-0.05, 0) is 41.1 Å². The van der Waals surface area contributed by atoms with E-state index in [1.54, 1.807) is 23.0 Å². The summed E-state index contributed by atoms with van der Waals surface area (Å²) in [7, 11) is 0. The highest BCUT2D eigenvalue weighted by Crippen LogP contribution is 2.19. The third-order valence-electron chi connectivity index (χ3n) is 2.59. The van der Waals surface area contributed by atoms with Crippen LogP contribution in [0, 0.1) is 5.82 Å². The van der Waals surface area contributed by atoms with E-state index < -0.39 is 11.7 Å². The molecule has 1 unspecified atom stereocenters. The Morgan fingerprint density at radius 3 is 2.95 bits per heavy atom. The minimum absolute atomic E-state index is 0.0230. The highest BCUT2D eigenvalue weighted by Gasteiger charge is 2.17. The van der Waals surface area contributed by atoms with E-state index in [4.69, 9.17) is 0 Å². The van der Waals surface area contributed by atoms with Gasteiger partial charge in [-0.3, -0.25) is 9.48 Å². The Bertz CT molecular complexity index is 551. The molecule has 2 aromatic rings. The average molecular weight is 326 g/mol. The van der Waals surface area contributed by atoms with E-state index >= 15 is 0 Å². The molecule has 0 spiro atoms. The van der Waals surface area contributed by atoms with Crippen LogP contribution in [0.25, 0.3) is 0 Å². The van der Waals surface area contributed by atoms with Gasteiger partial charge in [0.1, 0.15) is 5.82 Å². The zero-order valence-corrected chi connectivity index (χ0v) is 11.9. The molecule has 1 heterocycles. The lowest BCUT2D eigenvalue weighted by molar-refractivity contribution is 0.0931. The maximum Gasteiger partial charge on any atom is 0.255 e. The maximum atomic E-state index is 13.6. The summed E-state index contributed by atoms with van der Waals surface area (Å²) in [6.45, 7) is 2.37. The van der Waals surface area contributed by atoms with Crippen LogP contribution in [0.5, 0.6) is 0 Å². The monoisotopic (exact) mass is 325 g/mol. The molecule has 0 bridgehead atoms. The number of hydrogen-bond donors (Lipinski definition) is 1. The summed E-state index contributed by atoms with van der Waals surface area (Å²) >= 11 is 3.18. The van der Waals surface area contributed by atoms with Gasteiger partial charge in [0.2, 0.25) is 0 Å². The van der Waals surface area contributed by atoms with Crippen LogP contribution in [-0.4, -0.2) is 21.7 Å². The molecule has 1 N–H and O–H groups in total. The second kappa shape index (κ2) is 5.97. The third kappa shape index (κ3) is 3.41. The molecule has 0 aliphatic heterocycles. The summed E-state index contributed by atoms with van der Waals surface area (Å²) in [4.78, 5) is 12.0. The number of hydrogen-bond acceptors (Lipinski definition) is 2. The molecule has 0 saturated heterocycles. The van der Waals surface area contributed by atoms with Gasteiger partial charge in [0, 0.05) is 22.9 Å². The number of halogens is 2. The van der Waals surface area contributed by atoms with Gasteiger partial charge in [-0.1, -0.05) is 6.07 Å². The van der Waals surface area contributed by atoms with Crippen molar-refractivity contribution in [1.29, 1.82) is 0 Å². The normalized spacial score (nSPS) is 12.2. The Morgan fingerprint density at radius 1 is 1.53 bits per heavy atom. The van der Waals surface area contributed by atoms with Crippen molar-refractivity contribution in [3.05, 3.63) is 52.5 Å². The molecule has 0 aliphatic carbocycles. The first-order valence-electron chi connectivity index (χ1n) is 5.80. The Hall–Kier alpha value is -1.69. The van der Waals surface area contributed by atoms with Gasteiger partial charge in [0.25, 0.3) is 5.91 Å². The van der Waals surface area contributed by atoms with Crippen LogP contribution >= 0.6 is 15.9 Å². The van der Waals surface area contributed by atoms with Crippen molar-refractivity contribution in [3.63, 3.8) is 0 Å². The van der Waals surface area contributed by atoms with Crippen molar-refractivity contribution < 1.29 is 9.18 Å². The standard InChI is InChI=1S/C13H13BrFN3O/c1-9(8-18-7-3-6-16-18)17-13(19)12-10(14)4-2-5-11(12)15/h2-7,9H,8H2,1H3,(H,17,19). The molecule has 4 nitrogen and oxygen atoms in total. The average Bonchev–Trinajstić information content (AvgIpc) is 2.81. The first-order chi connectivity index (χ1) is 9.08. The fraction of sp³-hybridized carbons (Fsp3) is 0.231. The number of nitrogens with one attached hydrogen (secondary N) is 1. The molecule has 2 rings (SSSR count). The lowest BCUT2D eigenvalue weighted by Gasteiger charge is -2.15. The first-order valence-corrected chi connectivity index (χ1v) is 6.59. The molecule has 1 aromatic carbocycles. The van der Waals surface area contributed by atoms with Gasteiger partial charge in [-0.15, -0.1) is 0 Å². The van der Waals surface area contributed by atoms with Crippen molar-refractivity contribution in [3.8, 4) is 0 Å². The van der Waals surface area contributed by atoms with E-state index in [1.165, 1.54) is 6.07 Å². The number of carbonyl (C=O) groups is 1. The molecule has 1 aromatic heterocycles. The Balaban J connectivity index is 2.04. The fourth-order valence-electron chi connectivity index (χ4n) is 1.75. The van der Waals surface area contributed by atoms with Crippen molar-refractivity contribution in [2.24, 2.45) is 0 Å². The van der Waals surface area contributed by atoms with Gasteiger partial charge < -0.3 is 5.32 Å². The van der Waals surface area contributed by atoms with Crippen LogP contribution in [0.3, 0.4) is 0 Å². The van der Waals surface area contributed by atoms with E-state index in [1.807, 2.05) is 19.2 Å². The van der Waals surface area contributed by atoms with Crippen molar-refractivity contribution in [2.45, 2.75) is 19.5 Å². The van der Waals surface area contributed by atoms with Crippen LogP contribution in [0.1, 0.15) is 17.3 Å². The molecule has 100 valence electrons. The molecule has 0 aliphatic rings. The minimum atomic E-state index is -0.543. The van der Waals surface area contributed by atoms with Crippen LogP contribution in [0.4, 0.5) is 4.39 Å². The SMILES string of the molecule is CC(Cn1cccn1)NC(=O)c1c(F)cccc1Br. The van der Waals surface area contributed by atoms with Gasteiger partial charge in [0.15, 0.2) is 0 Å². The quantitative estimate of drug-likeness (QED) is 0.939. The second-order valence-corrected chi connectivity index (χ2v) is 5.05. The molecule has 0 radical (unpaired) electrons. The van der Waals surface area contributed by atoms with Crippen LogP contribution < -0.4 is 5.32 Å². The third-order valence-corrected chi connectivity index (χ3v) is 3.25. The van der Waals surface area contributed by atoms with Gasteiger partial charge in [-0.2, -0.15) is 5.10 Å². The highest BCUT2D eigenvalue weighted by molar-refractivity contribution is 9.10. The predicted octanol–water partition coefficient (Wildman–Crippen LogP) is 2.60. The highest BCUT2D eigenvalue weighted by atomic mass is 79.9. The number of nitrogens with zero attached hydrogens (tertiary/aromatic N) is 2. The molecular formula is C13H13BrFN3O. The zero-order valence-electron chi connectivity index (χ0n) is 10.3. The minimum Gasteiger partial charge on any atom is -0.348 e. The van der Waals surface area contributed by atoms with Crippen LogP contribution in [-0.2, 0) is 6.54 Å². The summed E-state index contributed by atoms with van der Waals surface area (Å²) < 4.78 is 15.8. The summed E-state index contributed by atoms with van der Waals surface area (Å²) in [5.74, 6) is -0.984. The van der Waals surface area contributed by atoms with E-state index in [0.29, 0.717) is 11.0 Å². The first kappa shape index (κ1) is 13.7. The largest absolute Gasteiger partial charge is 0.348 e. The molecule has 0 fully saturated rings. The van der Waals surface area contributed by atoms with Crippen LogP contribution in [0.2, 0.25) is 0 Å². The predicted molar refractivity (Wildman–Crippen MR) is 73.3 cm³/mol. The van der Waals surface area contributed by atoms with Gasteiger partial charge >= 0.3 is 0 Å². The lowest BCUT2D eigenvalue weighted by atomic mass is 10.2. The Kier molecular flexibility index (Phi) is 4.31. The van der Waals surface area contributed by atoms with E-state index in [-0.39, 0.29) is 11.6 Å². The van der Waals surface area contributed by atoms with Gasteiger partial charge in [-0.25, -0.2) is 4.39 Å². The molecule has 1 amide bonds.